The highest BCUT2D eigenvalue weighted by molar-refractivity contribution is 6.30. The molecule has 0 bridgehead atoms. The number of aromatic nitrogens is 2. The van der Waals surface area contributed by atoms with Crippen LogP contribution in [-0.4, -0.2) is 15.3 Å². The molecule has 4 nitrogen and oxygen atoms in total. The van der Waals surface area contributed by atoms with Crippen LogP contribution in [0.2, 0.25) is 5.02 Å². The Morgan fingerprint density at radius 2 is 1.67 bits per heavy atom. The number of imidazole rings is 1. The molecule has 2 aromatic heterocycles. The van der Waals surface area contributed by atoms with Crippen LogP contribution in [-0.2, 0) is 11.2 Å². The lowest BCUT2D eigenvalue weighted by Crippen LogP contribution is -2.26. The van der Waals surface area contributed by atoms with Crippen LogP contribution in [0, 0.1) is 6.92 Å². The first-order valence-electron chi connectivity index (χ1n) is 12.2. The summed E-state index contributed by atoms with van der Waals surface area (Å²) >= 11 is 6.19. The van der Waals surface area contributed by atoms with E-state index in [-0.39, 0.29) is 11.9 Å². The summed E-state index contributed by atoms with van der Waals surface area (Å²) in [6.07, 6.45) is 3.06. The molecule has 0 saturated heterocycles. The maximum Gasteiger partial charge on any atom is 0.220 e. The third kappa shape index (κ3) is 5.05. The van der Waals surface area contributed by atoms with Crippen LogP contribution in [0.15, 0.2) is 97.2 Å². The van der Waals surface area contributed by atoms with E-state index in [1.54, 1.807) is 0 Å². The van der Waals surface area contributed by atoms with Gasteiger partial charge in [0, 0.05) is 23.2 Å². The zero-order valence-corrected chi connectivity index (χ0v) is 21.2. The topological polar surface area (TPSA) is 46.4 Å². The standard InChI is InChI=1S/C31H28ClN3O/c1-21-19-26(32)14-15-27(21)25-13-17-29-34-31(24-11-7-4-8-12-24)28(35(29)20-25)16-18-30(36)33-22(2)23-9-5-3-6-10-23/h3-15,17,19-20,22H,16,18H2,1-2H3,(H,33,36)/t22-/m1/s1. The summed E-state index contributed by atoms with van der Waals surface area (Å²) in [4.78, 5) is 17.9. The molecule has 0 aliphatic heterocycles. The van der Waals surface area contributed by atoms with Gasteiger partial charge < -0.3 is 9.72 Å². The van der Waals surface area contributed by atoms with E-state index in [4.69, 9.17) is 16.6 Å². The van der Waals surface area contributed by atoms with E-state index in [0.717, 1.165) is 49.9 Å². The lowest BCUT2D eigenvalue weighted by molar-refractivity contribution is -0.121. The zero-order valence-electron chi connectivity index (χ0n) is 20.4. The molecule has 0 spiro atoms. The summed E-state index contributed by atoms with van der Waals surface area (Å²) < 4.78 is 2.12. The normalized spacial score (nSPS) is 12.0. The van der Waals surface area contributed by atoms with Crippen molar-refractivity contribution in [1.82, 2.24) is 14.7 Å². The summed E-state index contributed by atoms with van der Waals surface area (Å²) in [5.41, 5.74) is 8.23. The van der Waals surface area contributed by atoms with Crippen LogP contribution in [0.3, 0.4) is 0 Å². The van der Waals surface area contributed by atoms with Crippen molar-refractivity contribution in [2.24, 2.45) is 0 Å². The summed E-state index contributed by atoms with van der Waals surface area (Å²) in [6.45, 7) is 4.07. The van der Waals surface area contributed by atoms with E-state index in [2.05, 4.69) is 41.0 Å². The Balaban J connectivity index is 1.48. The van der Waals surface area contributed by atoms with Gasteiger partial charge in [-0.15, -0.1) is 0 Å². The minimum absolute atomic E-state index is 0.0185. The van der Waals surface area contributed by atoms with Crippen LogP contribution < -0.4 is 5.32 Å². The third-order valence-electron chi connectivity index (χ3n) is 6.53. The number of pyridine rings is 1. The molecule has 0 unspecified atom stereocenters. The van der Waals surface area contributed by atoms with Gasteiger partial charge in [-0.25, -0.2) is 4.98 Å². The minimum Gasteiger partial charge on any atom is -0.350 e. The molecule has 0 saturated carbocycles. The first kappa shape index (κ1) is 23.8. The molecule has 36 heavy (non-hydrogen) atoms. The average Bonchev–Trinajstić information content (AvgIpc) is 3.26. The van der Waals surface area contributed by atoms with Gasteiger partial charge in [0.2, 0.25) is 5.91 Å². The monoisotopic (exact) mass is 493 g/mol. The Morgan fingerprint density at radius 3 is 2.39 bits per heavy atom. The Labute approximate surface area is 216 Å². The van der Waals surface area contributed by atoms with Crippen molar-refractivity contribution in [2.45, 2.75) is 32.7 Å². The fourth-order valence-electron chi connectivity index (χ4n) is 4.64. The molecule has 0 aliphatic rings. The molecule has 5 aromatic rings. The fraction of sp³-hybridized carbons (Fsp3) is 0.161. The second-order valence-corrected chi connectivity index (χ2v) is 9.51. The van der Waals surface area contributed by atoms with Gasteiger partial charge in [-0.05, 0) is 66.8 Å². The van der Waals surface area contributed by atoms with Crippen molar-refractivity contribution in [3.8, 4) is 22.4 Å². The molecule has 3 aromatic carbocycles. The van der Waals surface area contributed by atoms with E-state index in [9.17, 15) is 4.79 Å². The van der Waals surface area contributed by atoms with Crippen LogP contribution in [0.25, 0.3) is 28.0 Å². The number of nitrogens with one attached hydrogen (secondary N) is 1. The van der Waals surface area contributed by atoms with Gasteiger partial charge in [0.15, 0.2) is 0 Å². The van der Waals surface area contributed by atoms with Crippen molar-refractivity contribution >= 4 is 23.2 Å². The molecule has 1 atom stereocenters. The first-order chi connectivity index (χ1) is 17.5. The molecule has 0 aliphatic carbocycles. The van der Waals surface area contributed by atoms with Crippen molar-refractivity contribution in [1.29, 1.82) is 0 Å². The highest BCUT2D eigenvalue weighted by Gasteiger charge is 2.17. The molecule has 0 fully saturated rings. The molecular formula is C31H28ClN3O. The first-order valence-corrected chi connectivity index (χ1v) is 12.5. The van der Waals surface area contributed by atoms with E-state index < -0.39 is 0 Å². The van der Waals surface area contributed by atoms with Crippen molar-refractivity contribution in [3.05, 3.63) is 119 Å². The Morgan fingerprint density at radius 1 is 0.944 bits per heavy atom. The summed E-state index contributed by atoms with van der Waals surface area (Å²) in [5.74, 6) is 0.0185. The van der Waals surface area contributed by atoms with E-state index in [1.807, 2.05) is 79.7 Å². The molecule has 0 radical (unpaired) electrons. The van der Waals surface area contributed by atoms with E-state index in [1.165, 1.54) is 0 Å². The molecule has 180 valence electrons. The lowest BCUT2D eigenvalue weighted by atomic mass is 10.0. The molecule has 5 rings (SSSR count). The SMILES string of the molecule is Cc1cc(Cl)ccc1-c1ccc2nc(-c3ccccc3)c(CCC(=O)N[C@H](C)c3ccccc3)n2c1. The number of aryl methyl sites for hydroxylation is 2. The van der Waals surface area contributed by atoms with E-state index in [0.29, 0.717) is 12.8 Å². The predicted molar refractivity (Wildman–Crippen MR) is 147 cm³/mol. The predicted octanol–water partition coefficient (Wildman–Crippen LogP) is 7.44. The molecule has 1 N–H and O–H groups in total. The Hall–Kier alpha value is -3.89. The highest BCUT2D eigenvalue weighted by atomic mass is 35.5. The number of carbonyl (C=O) groups is 1. The lowest BCUT2D eigenvalue weighted by Gasteiger charge is -2.14. The average molecular weight is 494 g/mol. The van der Waals surface area contributed by atoms with Gasteiger partial charge in [-0.3, -0.25) is 4.79 Å². The second-order valence-electron chi connectivity index (χ2n) is 9.08. The van der Waals surface area contributed by atoms with Gasteiger partial charge in [0.05, 0.1) is 17.4 Å². The van der Waals surface area contributed by atoms with Gasteiger partial charge in [0.1, 0.15) is 5.65 Å². The highest BCUT2D eigenvalue weighted by Crippen LogP contribution is 2.30. The minimum atomic E-state index is -0.0473. The summed E-state index contributed by atoms with van der Waals surface area (Å²) in [5, 5.41) is 3.86. The van der Waals surface area contributed by atoms with Gasteiger partial charge >= 0.3 is 0 Å². The Kier molecular flexibility index (Phi) is 6.88. The van der Waals surface area contributed by atoms with Gasteiger partial charge in [0.25, 0.3) is 0 Å². The molecular weight excluding hydrogens is 466 g/mol. The number of hydrogen-bond donors (Lipinski definition) is 1. The number of fused-ring (bicyclic) bond motifs is 1. The second kappa shape index (κ2) is 10.4. The Bertz CT molecular complexity index is 1510. The number of benzene rings is 3. The van der Waals surface area contributed by atoms with E-state index >= 15 is 0 Å². The molecule has 1 amide bonds. The molecule has 2 heterocycles. The van der Waals surface area contributed by atoms with Crippen molar-refractivity contribution < 1.29 is 4.79 Å². The third-order valence-corrected chi connectivity index (χ3v) is 6.77. The molecule has 5 heteroatoms. The number of nitrogens with zero attached hydrogens (tertiary/aromatic N) is 2. The van der Waals surface area contributed by atoms with Crippen LogP contribution >= 0.6 is 11.6 Å². The van der Waals surface area contributed by atoms with Crippen molar-refractivity contribution in [3.63, 3.8) is 0 Å². The maximum atomic E-state index is 12.9. The smallest absolute Gasteiger partial charge is 0.220 e. The number of rotatable bonds is 7. The van der Waals surface area contributed by atoms with Crippen molar-refractivity contribution in [2.75, 3.05) is 0 Å². The number of hydrogen-bond acceptors (Lipinski definition) is 2. The summed E-state index contributed by atoms with van der Waals surface area (Å²) in [6, 6.07) is 30.2. The van der Waals surface area contributed by atoms with Crippen LogP contribution in [0.4, 0.5) is 0 Å². The number of halogens is 1. The van der Waals surface area contributed by atoms with Crippen LogP contribution in [0.5, 0.6) is 0 Å². The summed E-state index contributed by atoms with van der Waals surface area (Å²) in [7, 11) is 0. The van der Waals surface area contributed by atoms with Gasteiger partial charge in [-0.2, -0.15) is 0 Å². The van der Waals surface area contributed by atoms with Gasteiger partial charge in [-0.1, -0.05) is 78.3 Å². The maximum absolute atomic E-state index is 12.9. The fourth-order valence-corrected chi connectivity index (χ4v) is 4.87. The number of carbonyl (C=O) groups excluding carboxylic acids is 1. The quantitative estimate of drug-likeness (QED) is 0.256. The van der Waals surface area contributed by atoms with Crippen LogP contribution in [0.1, 0.15) is 36.2 Å². The number of amides is 1. The zero-order chi connectivity index (χ0) is 25.1. The largest absolute Gasteiger partial charge is 0.350 e.